The molecule has 0 saturated heterocycles. The number of halogens is 4. The van der Waals surface area contributed by atoms with Crippen LogP contribution in [0.1, 0.15) is 13.8 Å². The van der Waals surface area contributed by atoms with Gasteiger partial charge in [0.1, 0.15) is 0 Å². The lowest BCUT2D eigenvalue weighted by Gasteiger charge is -2.20. The van der Waals surface area contributed by atoms with E-state index in [1.54, 1.807) is 4.99 Å². The van der Waals surface area contributed by atoms with Crippen molar-refractivity contribution >= 4 is 55.1 Å². The SMILES string of the molecule is CC(=C/Br)/C=C/[C@@H](Cl)[C@](C)(Cl)/C=C/Br. The maximum atomic E-state index is 6.18. The minimum Gasteiger partial charge on any atom is -0.116 e. The summed E-state index contributed by atoms with van der Waals surface area (Å²) in [5, 5.41) is -0.250. The highest BCUT2D eigenvalue weighted by atomic mass is 79.9. The van der Waals surface area contributed by atoms with E-state index in [-0.39, 0.29) is 5.38 Å². The Morgan fingerprint density at radius 1 is 1.43 bits per heavy atom. The van der Waals surface area contributed by atoms with E-state index in [0.29, 0.717) is 0 Å². The van der Waals surface area contributed by atoms with Gasteiger partial charge in [0.15, 0.2) is 0 Å². The van der Waals surface area contributed by atoms with E-state index in [1.165, 1.54) is 0 Å². The Labute approximate surface area is 112 Å². The van der Waals surface area contributed by atoms with Crippen LogP contribution in [0.5, 0.6) is 0 Å². The standard InChI is InChI=1S/C10H12Br2Cl2/c1-8(7-12)3-4-9(13)10(2,14)5-6-11/h3-7,9H,1-2H3/b4-3+,6-5+,8-7-/t9-,10-/m1/s1. The molecule has 0 aliphatic carbocycles. The van der Waals surface area contributed by atoms with Crippen LogP contribution >= 0.6 is 55.1 Å². The summed E-state index contributed by atoms with van der Waals surface area (Å²) in [4.78, 5) is 2.98. The second-order valence-electron chi connectivity index (χ2n) is 3.06. The van der Waals surface area contributed by atoms with Gasteiger partial charge in [-0.05, 0) is 29.4 Å². The van der Waals surface area contributed by atoms with Gasteiger partial charge >= 0.3 is 0 Å². The van der Waals surface area contributed by atoms with Gasteiger partial charge < -0.3 is 0 Å². The monoisotopic (exact) mass is 360 g/mol. The molecule has 14 heavy (non-hydrogen) atoms. The molecule has 0 fully saturated rings. The van der Waals surface area contributed by atoms with Crippen molar-refractivity contribution in [1.82, 2.24) is 0 Å². The van der Waals surface area contributed by atoms with Crippen LogP contribution in [0.3, 0.4) is 0 Å². The third-order valence-corrected chi connectivity index (χ3v) is 3.69. The molecule has 0 aromatic heterocycles. The van der Waals surface area contributed by atoms with E-state index in [4.69, 9.17) is 23.2 Å². The average molecular weight is 363 g/mol. The van der Waals surface area contributed by atoms with Gasteiger partial charge in [0.05, 0.1) is 10.3 Å². The van der Waals surface area contributed by atoms with Crippen LogP contribution in [0.15, 0.2) is 33.8 Å². The highest BCUT2D eigenvalue weighted by molar-refractivity contribution is 9.11. The Balaban J connectivity index is 4.48. The summed E-state index contributed by atoms with van der Waals surface area (Å²) in [5.41, 5.74) is 1.09. The molecule has 0 heterocycles. The first-order chi connectivity index (χ1) is 6.44. The van der Waals surface area contributed by atoms with Crippen LogP contribution in [0.25, 0.3) is 0 Å². The molecule has 0 aromatic rings. The molecule has 0 aromatic carbocycles. The molecule has 0 bridgehead atoms. The molecule has 2 atom stereocenters. The lowest BCUT2D eigenvalue weighted by Crippen LogP contribution is -2.24. The summed E-state index contributed by atoms with van der Waals surface area (Å²) < 4.78 is 0. The highest BCUT2D eigenvalue weighted by Gasteiger charge is 2.25. The molecule has 80 valence electrons. The Bertz CT molecular complexity index is 255. The van der Waals surface area contributed by atoms with Crippen molar-refractivity contribution in [3.8, 4) is 0 Å². The van der Waals surface area contributed by atoms with Crippen LogP contribution < -0.4 is 0 Å². The Hall–Kier alpha value is 0.760. The Morgan fingerprint density at radius 2 is 2.00 bits per heavy atom. The van der Waals surface area contributed by atoms with E-state index < -0.39 is 4.87 Å². The molecule has 0 unspecified atom stereocenters. The van der Waals surface area contributed by atoms with Gasteiger partial charge in [-0.3, -0.25) is 0 Å². The van der Waals surface area contributed by atoms with Gasteiger partial charge in [0.25, 0.3) is 0 Å². The fourth-order valence-corrected chi connectivity index (χ4v) is 1.81. The number of hydrogen-bond acceptors (Lipinski definition) is 0. The van der Waals surface area contributed by atoms with Crippen LogP contribution in [0.2, 0.25) is 0 Å². The first-order valence-electron chi connectivity index (χ1n) is 4.00. The van der Waals surface area contributed by atoms with E-state index in [2.05, 4.69) is 31.9 Å². The molecule has 0 aliphatic heterocycles. The first-order valence-corrected chi connectivity index (χ1v) is 6.64. The van der Waals surface area contributed by atoms with Crippen molar-refractivity contribution in [2.24, 2.45) is 0 Å². The van der Waals surface area contributed by atoms with E-state index >= 15 is 0 Å². The van der Waals surface area contributed by atoms with Gasteiger partial charge in [0, 0.05) is 0 Å². The molecule has 4 heteroatoms. The van der Waals surface area contributed by atoms with Gasteiger partial charge in [0.2, 0.25) is 0 Å². The maximum Gasteiger partial charge on any atom is 0.0804 e. The maximum absolute atomic E-state index is 6.18. The van der Waals surface area contributed by atoms with E-state index in [1.807, 2.05) is 37.1 Å². The van der Waals surface area contributed by atoms with Crippen molar-refractivity contribution in [3.05, 3.63) is 33.8 Å². The fourth-order valence-electron chi connectivity index (χ4n) is 0.676. The minimum atomic E-state index is -0.575. The topological polar surface area (TPSA) is 0 Å². The van der Waals surface area contributed by atoms with Crippen LogP contribution in [0, 0.1) is 0 Å². The summed E-state index contributed by atoms with van der Waals surface area (Å²) in [6.07, 6.45) is 5.60. The highest BCUT2D eigenvalue weighted by Crippen LogP contribution is 2.27. The predicted octanol–water partition coefficient (Wildman–Crippen LogP) is 5.35. The van der Waals surface area contributed by atoms with Crippen molar-refractivity contribution in [2.75, 3.05) is 0 Å². The molecule has 0 nitrogen and oxygen atoms in total. The summed E-state index contributed by atoms with van der Waals surface area (Å²) in [5.74, 6) is 0. The predicted molar refractivity (Wildman–Crippen MR) is 73.8 cm³/mol. The lowest BCUT2D eigenvalue weighted by molar-refractivity contribution is 0.800. The number of hydrogen-bond donors (Lipinski definition) is 0. The Morgan fingerprint density at radius 3 is 2.43 bits per heavy atom. The number of rotatable bonds is 4. The number of alkyl halides is 2. The molecular weight excluding hydrogens is 351 g/mol. The molecule has 0 rings (SSSR count). The zero-order valence-electron chi connectivity index (χ0n) is 7.98. The molecule has 0 spiro atoms. The van der Waals surface area contributed by atoms with Crippen molar-refractivity contribution in [2.45, 2.75) is 24.1 Å². The summed E-state index contributed by atoms with van der Waals surface area (Å²) in [7, 11) is 0. The fraction of sp³-hybridized carbons (Fsp3) is 0.400. The quantitative estimate of drug-likeness (QED) is 0.467. The molecular formula is C10H12Br2Cl2. The number of allylic oxidation sites excluding steroid dienone is 4. The molecule has 0 saturated carbocycles. The third-order valence-electron chi connectivity index (χ3n) is 1.63. The first kappa shape index (κ1) is 14.8. The van der Waals surface area contributed by atoms with Crippen LogP contribution in [-0.2, 0) is 0 Å². The smallest absolute Gasteiger partial charge is 0.0804 e. The zero-order chi connectivity index (χ0) is 11.2. The normalized spacial score (nSPS) is 20.3. The second kappa shape index (κ2) is 7.10. The van der Waals surface area contributed by atoms with Crippen molar-refractivity contribution in [3.63, 3.8) is 0 Å². The van der Waals surface area contributed by atoms with E-state index in [0.717, 1.165) is 5.57 Å². The summed E-state index contributed by atoms with van der Waals surface area (Å²) in [6, 6.07) is 0. The Kier molecular flexibility index (Phi) is 7.49. The molecule has 0 N–H and O–H groups in total. The molecule has 0 amide bonds. The van der Waals surface area contributed by atoms with Crippen LogP contribution in [-0.4, -0.2) is 10.3 Å². The summed E-state index contributed by atoms with van der Waals surface area (Å²) >= 11 is 18.7. The van der Waals surface area contributed by atoms with Gasteiger partial charge in [-0.2, -0.15) is 0 Å². The largest absolute Gasteiger partial charge is 0.116 e. The molecule has 0 aliphatic rings. The second-order valence-corrected chi connectivity index (χ2v) is 5.33. The van der Waals surface area contributed by atoms with Crippen molar-refractivity contribution in [1.29, 1.82) is 0 Å². The lowest BCUT2D eigenvalue weighted by atomic mass is 10.1. The van der Waals surface area contributed by atoms with Gasteiger partial charge in [-0.1, -0.05) is 50.1 Å². The van der Waals surface area contributed by atoms with Crippen LogP contribution in [0.4, 0.5) is 0 Å². The zero-order valence-corrected chi connectivity index (χ0v) is 12.7. The van der Waals surface area contributed by atoms with Gasteiger partial charge in [-0.15, -0.1) is 23.2 Å². The average Bonchev–Trinajstić information content (AvgIpc) is 2.13. The third kappa shape index (κ3) is 5.59. The van der Waals surface area contributed by atoms with Crippen molar-refractivity contribution < 1.29 is 0 Å². The molecule has 0 radical (unpaired) electrons. The van der Waals surface area contributed by atoms with Gasteiger partial charge in [-0.25, -0.2) is 0 Å². The van der Waals surface area contributed by atoms with E-state index in [9.17, 15) is 0 Å². The summed E-state index contributed by atoms with van der Waals surface area (Å²) in [6.45, 7) is 3.84. The minimum absolute atomic E-state index is 0.250.